The molecule has 84 valence electrons. The largest absolute Gasteiger partial charge is 2.00 e. The van der Waals surface area contributed by atoms with Crippen molar-refractivity contribution in [2.75, 3.05) is 13.1 Å². The molecule has 0 heterocycles. The summed E-state index contributed by atoms with van der Waals surface area (Å²) < 4.78 is 0. The van der Waals surface area contributed by atoms with E-state index in [9.17, 15) is 0 Å². The van der Waals surface area contributed by atoms with E-state index in [1.165, 1.54) is 5.56 Å². The van der Waals surface area contributed by atoms with Gasteiger partial charge in [-0.1, -0.05) is 38.1 Å². The predicted octanol–water partition coefficient (Wildman–Crippen LogP) is -4.04. The first kappa shape index (κ1) is 21.8. The molecule has 0 spiro atoms. The number of hydrogen-bond acceptors (Lipinski definition) is 1. The van der Waals surface area contributed by atoms with Crippen LogP contribution in [0, 0.1) is 6.07 Å². The van der Waals surface area contributed by atoms with Gasteiger partial charge in [-0.05, 0) is 24.7 Å². The number of halogens is 2. The molecule has 0 fully saturated rings. The molecule has 1 aromatic carbocycles. The van der Waals surface area contributed by atoms with Crippen molar-refractivity contribution in [1.29, 1.82) is 0 Å². The number of benzene rings is 1. The molecule has 0 aliphatic heterocycles. The van der Waals surface area contributed by atoms with Gasteiger partial charge in [-0.2, -0.15) is 0 Å². The van der Waals surface area contributed by atoms with Crippen LogP contribution >= 0.6 is 0 Å². The van der Waals surface area contributed by atoms with E-state index >= 15 is 0 Å². The van der Waals surface area contributed by atoms with E-state index in [1.807, 2.05) is 12.1 Å². The Morgan fingerprint density at radius 3 is 2.13 bits per heavy atom. The van der Waals surface area contributed by atoms with Gasteiger partial charge in [0.15, 0.2) is 0 Å². The average Bonchev–Trinajstić information content (AvgIpc) is 2.16. The third kappa shape index (κ3) is 9.25. The first-order valence-electron chi connectivity index (χ1n) is 4.54. The zero-order chi connectivity index (χ0) is 8.81. The Bertz CT molecular complexity index is 215. The van der Waals surface area contributed by atoms with Crippen LogP contribution in [-0.2, 0) is 6.54 Å². The van der Waals surface area contributed by atoms with Crippen LogP contribution in [-0.4, -0.2) is 44.2 Å². The van der Waals surface area contributed by atoms with Crippen molar-refractivity contribution < 1.29 is 48.0 Å². The van der Waals surface area contributed by atoms with Gasteiger partial charge in [0.2, 0.25) is 0 Å². The second-order valence-electron chi connectivity index (χ2n) is 2.85. The molecule has 4 heteroatoms. The Balaban J connectivity index is -0.000000480. The summed E-state index contributed by atoms with van der Waals surface area (Å²) in [4.78, 5) is 2.38. The summed E-state index contributed by atoms with van der Waals surface area (Å²) in [6, 6.07) is 11.4. The molecule has 0 saturated carbocycles. The molecule has 1 aromatic rings. The molecule has 15 heavy (non-hydrogen) atoms. The zero-order valence-corrected chi connectivity index (χ0v) is 16.9. The minimum Gasteiger partial charge on any atom is -1.00 e. The standard InChI is InChI=1S/C11H16N.Bi.2HI/c1-3-12(4-2)10-11-8-6-5-7-9-11;;;/h5-8H,3-4,10H2,1-2H3;;2*1H/q;+2;;/p-2. The van der Waals surface area contributed by atoms with Crippen LogP contribution in [0.1, 0.15) is 19.4 Å². The fourth-order valence-corrected chi connectivity index (χ4v) is 1.22. The molecule has 0 saturated heterocycles. The molecular weight excluding hydrogens is 609 g/mol. The molecular formula is C11H16BiI2N. The number of hydrogen-bond donors (Lipinski definition) is 0. The third-order valence-electron chi connectivity index (χ3n) is 2.06. The maximum atomic E-state index is 3.23. The summed E-state index contributed by atoms with van der Waals surface area (Å²) in [5.41, 5.74) is 1.28. The van der Waals surface area contributed by atoms with E-state index < -0.39 is 0 Å². The molecule has 0 aromatic heterocycles. The van der Waals surface area contributed by atoms with E-state index in [4.69, 9.17) is 0 Å². The molecule has 0 N–H and O–H groups in total. The van der Waals surface area contributed by atoms with Gasteiger partial charge in [0.05, 0.1) is 0 Å². The van der Waals surface area contributed by atoms with Crippen LogP contribution < -0.4 is 48.0 Å². The van der Waals surface area contributed by atoms with Crippen molar-refractivity contribution in [3.63, 3.8) is 0 Å². The van der Waals surface area contributed by atoms with Crippen LogP contribution in [0.3, 0.4) is 0 Å². The van der Waals surface area contributed by atoms with Crippen molar-refractivity contribution in [1.82, 2.24) is 4.90 Å². The predicted molar refractivity (Wildman–Crippen MR) is 57.7 cm³/mol. The van der Waals surface area contributed by atoms with E-state index in [1.54, 1.807) is 0 Å². The number of nitrogens with zero attached hydrogens (tertiary/aromatic N) is 1. The van der Waals surface area contributed by atoms with E-state index in [0.717, 1.165) is 19.6 Å². The maximum Gasteiger partial charge on any atom is 2.00 e. The summed E-state index contributed by atoms with van der Waals surface area (Å²) in [7, 11) is 0. The van der Waals surface area contributed by atoms with E-state index in [0.29, 0.717) is 0 Å². The minimum atomic E-state index is 0. The Kier molecular flexibility index (Phi) is 19.7. The molecule has 4 radical (unpaired) electrons. The summed E-state index contributed by atoms with van der Waals surface area (Å²) >= 11 is 0. The van der Waals surface area contributed by atoms with Crippen LogP contribution in [0.4, 0.5) is 0 Å². The Labute approximate surface area is 147 Å². The smallest absolute Gasteiger partial charge is 1.00 e. The van der Waals surface area contributed by atoms with E-state index in [-0.39, 0.29) is 74.2 Å². The average molecular weight is 625 g/mol. The molecule has 0 unspecified atom stereocenters. The summed E-state index contributed by atoms with van der Waals surface area (Å²) in [6.45, 7) is 7.62. The van der Waals surface area contributed by atoms with Crippen molar-refractivity contribution in [3.8, 4) is 0 Å². The first-order chi connectivity index (χ1) is 5.86. The monoisotopic (exact) mass is 625 g/mol. The van der Waals surface area contributed by atoms with Gasteiger partial charge in [-0.15, -0.1) is 0 Å². The fourth-order valence-electron chi connectivity index (χ4n) is 1.22. The molecule has 0 atom stereocenters. The van der Waals surface area contributed by atoms with Crippen LogP contribution in [0.5, 0.6) is 0 Å². The molecule has 0 bridgehead atoms. The normalized spacial score (nSPS) is 8.47. The molecule has 1 nitrogen and oxygen atoms in total. The Morgan fingerprint density at radius 1 is 1.13 bits per heavy atom. The molecule has 0 aliphatic carbocycles. The maximum absolute atomic E-state index is 3.23. The second-order valence-corrected chi connectivity index (χ2v) is 2.85. The Morgan fingerprint density at radius 2 is 1.73 bits per heavy atom. The summed E-state index contributed by atoms with van der Waals surface area (Å²) in [5, 5.41) is 0. The summed E-state index contributed by atoms with van der Waals surface area (Å²) in [6.07, 6.45) is 0. The van der Waals surface area contributed by atoms with Crippen molar-refractivity contribution in [2.45, 2.75) is 20.4 Å². The Hall–Kier alpha value is 1.52. The van der Waals surface area contributed by atoms with Gasteiger partial charge in [-0.25, -0.2) is 0 Å². The molecule has 0 aliphatic rings. The topological polar surface area (TPSA) is 3.24 Å². The van der Waals surface area contributed by atoms with Crippen LogP contribution in [0.15, 0.2) is 24.3 Å². The minimum absolute atomic E-state index is 0. The second kappa shape index (κ2) is 13.6. The van der Waals surface area contributed by atoms with Crippen LogP contribution in [0.25, 0.3) is 0 Å². The van der Waals surface area contributed by atoms with Gasteiger partial charge in [-0.3, -0.25) is 4.90 Å². The van der Waals surface area contributed by atoms with Crippen LogP contribution in [0.2, 0.25) is 0 Å². The molecule has 0 amide bonds. The molecule has 1 rings (SSSR count). The quantitative estimate of drug-likeness (QED) is 0.244. The van der Waals surface area contributed by atoms with Gasteiger partial charge in [0.1, 0.15) is 0 Å². The third-order valence-corrected chi connectivity index (χ3v) is 2.06. The van der Waals surface area contributed by atoms with Gasteiger partial charge < -0.3 is 48.0 Å². The van der Waals surface area contributed by atoms with Gasteiger partial charge in [0.25, 0.3) is 0 Å². The number of rotatable bonds is 4. The zero-order valence-electron chi connectivity index (χ0n) is 9.08. The fraction of sp³-hybridized carbons (Fsp3) is 0.455. The van der Waals surface area contributed by atoms with Gasteiger partial charge >= 0.3 is 26.2 Å². The summed E-state index contributed by atoms with van der Waals surface area (Å²) in [5.74, 6) is 0. The van der Waals surface area contributed by atoms with Crippen molar-refractivity contribution >= 4 is 26.2 Å². The SMILES string of the molecule is CCN(CC)Cc1[c]cccc1.[Bi+2].[I-].[I-]. The van der Waals surface area contributed by atoms with Crippen molar-refractivity contribution in [3.05, 3.63) is 35.9 Å². The van der Waals surface area contributed by atoms with Gasteiger partial charge in [0, 0.05) is 6.54 Å². The first-order valence-corrected chi connectivity index (χ1v) is 4.54. The van der Waals surface area contributed by atoms with Crippen molar-refractivity contribution in [2.24, 2.45) is 0 Å². The van der Waals surface area contributed by atoms with E-state index in [2.05, 4.69) is 36.9 Å².